The number of carbonyl (C=O) groups excluding carboxylic acids is 1. The number of carbonyl (C=O) groups is 1. The molecule has 2 aromatic carbocycles. The molecule has 1 aliphatic heterocycles. The van der Waals surface area contributed by atoms with E-state index in [4.69, 9.17) is 0 Å². The van der Waals surface area contributed by atoms with Crippen LogP contribution in [0.2, 0.25) is 0 Å². The van der Waals surface area contributed by atoms with Crippen LogP contribution in [0.3, 0.4) is 0 Å². The predicted octanol–water partition coefficient (Wildman–Crippen LogP) is 1.24. The van der Waals surface area contributed by atoms with E-state index >= 15 is 0 Å². The van der Waals surface area contributed by atoms with Gasteiger partial charge in [0.15, 0.2) is 19.7 Å². The molecule has 0 saturated carbocycles. The second-order valence-corrected chi connectivity index (χ2v) is 12.5. The molecule has 11 heteroatoms. The molecule has 0 aliphatic carbocycles. The van der Waals surface area contributed by atoms with Crippen molar-refractivity contribution in [1.29, 1.82) is 0 Å². The highest BCUT2D eigenvalue weighted by molar-refractivity contribution is 7.91. The highest BCUT2D eigenvalue weighted by Crippen LogP contribution is 2.15. The van der Waals surface area contributed by atoms with Gasteiger partial charge in [0.1, 0.15) is 11.7 Å². The van der Waals surface area contributed by atoms with Crippen LogP contribution in [0.1, 0.15) is 24.0 Å². The molecule has 0 atom stereocenters. The van der Waals surface area contributed by atoms with Gasteiger partial charge in [-0.1, -0.05) is 24.3 Å². The standard InChI is InChI=1S/C24H32N4O5S2/c1-28(17-13-19-5-7-20(8-6-19)24-26-15-16-27-24)23(29)4-3-14-25-18-35(32,33)22-11-9-21(10-12-22)34(2,30)31/h5-12,25H,3-4,13-18H2,1-2H3,(H,26,27). The Bertz CT molecular complexity index is 1260. The fourth-order valence-electron chi connectivity index (χ4n) is 3.58. The second-order valence-electron chi connectivity index (χ2n) is 8.53. The number of likely N-dealkylation sites (N-methyl/N-ethyl adjacent to an activating group) is 1. The van der Waals surface area contributed by atoms with Crippen molar-refractivity contribution in [2.45, 2.75) is 29.1 Å². The Hall–Kier alpha value is -2.76. The monoisotopic (exact) mass is 520 g/mol. The zero-order valence-electron chi connectivity index (χ0n) is 20.0. The number of amidine groups is 1. The molecule has 35 heavy (non-hydrogen) atoms. The molecule has 1 amide bonds. The van der Waals surface area contributed by atoms with E-state index in [1.165, 1.54) is 24.3 Å². The summed E-state index contributed by atoms with van der Waals surface area (Å²) in [6, 6.07) is 13.3. The lowest BCUT2D eigenvalue weighted by Gasteiger charge is -2.17. The number of rotatable bonds is 12. The molecular formula is C24H32N4O5S2. The van der Waals surface area contributed by atoms with Gasteiger partial charge in [0.25, 0.3) is 0 Å². The molecule has 0 spiro atoms. The Labute approximate surface area is 207 Å². The average Bonchev–Trinajstić information content (AvgIpc) is 3.37. The minimum absolute atomic E-state index is 0.00662. The molecule has 2 N–H and O–H groups in total. The smallest absolute Gasteiger partial charge is 0.222 e. The van der Waals surface area contributed by atoms with Gasteiger partial charge in [0.05, 0.1) is 16.3 Å². The highest BCUT2D eigenvalue weighted by Gasteiger charge is 2.16. The SMILES string of the molecule is CN(CCc1ccc(C2=NCCN2)cc1)C(=O)CCCNCS(=O)(=O)c1ccc(S(C)(=O)=O)cc1. The highest BCUT2D eigenvalue weighted by atomic mass is 32.2. The quantitative estimate of drug-likeness (QED) is 0.404. The first-order valence-electron chi connectivity index (χ1n) is 11.4. The van der Waals surface area contributed by atoms with Crippen molar-refractivity contribution in [1.82, 2.24) is 15.5 Å². The number of sulfone groups is 2. The Morgan fingerprint density at radius 3 is 2.29 bits per heavy atom. The molecule has 0 saturated heterocycles. The molecule has 0 fully saturated rings. The molecule has 0 unspecified atom stereocenters. The molecule has 3 rings (SSSR count). The summed E-state index contributed by atoms with van der Waals surface area (Å²) in [5, 5.41) is 6.11. The van der Waals surface area contributed by atoms with Gasteiger partial charge >= 0.3 is 0 Å². The number of hydrogen-bond donors (Lipinski definition) is 2. The van der Waals surface area contributed by atoms with Crippen LogP contribution in [0.4, 0.5) is 0 Å². The van der Waals surface area contributed by atoms with E-state index < -0.39 is 19.7 Å². The van der Waals surface area contributed by atoms with Gasteiger partial charge in [-0.2, -0.15) is 0 Å². The van der Waals surface area contributed by atoms with E-state index in [0.29, 0.717) is 25.9 Å². The van der Waals surface area contributed by atoms with Gasteiger partial charge in [-0.05, 0) is 49.2 Å². The third-order valence-corrected chi connectivity index (χ3v) is 8.41. The van der Waals surface area contributed by atoms with Gasteiger partial charge in [-0.3, -0.25) is 9.79 Å². The zero-order valence-corrected chi connectivity index (χ0v) is 21.7. The first kappa shape index (κ1) is 26.8. The number of amides is 1. The van der Waals surface area contributed by atoms with Crippen LogP contribution in [0.15, 0.2) is 63.3 Å². The summed E-state index contributed by atoms with van der Waals surface area (Å²) in [7, 11) is -5.21. The fourth-order valence-corrected chi connectivity index (χ4v) is 5.34. The fraction of sp³-hybridized carbons (Fsp3) is 0.417. The van der Waals surface area contributed by atoms with Gasteiger partial charge in [0, 0.05) is 38.4 Å². The number of hydrogen-bond acceptors (Lipinski definition) is 8. The maximum absolute atomic E-state index is 12.4. The van der Waals surface area contributed by atoms with Crippen LogP contribution in [0.25, 0.3) is 0 Å². The van der Waals surface area contributed by atoms with Gasteiger partial charge in [0.2, 0.25) is 5.91 Å². The lowest BCUT2D eigenvalue weighted by atomic mass is 10.1. The van der Waals surface area contributed by atoms with Crippen LogP contribution in [-0.2, 0) is 30.9 Å². The Morgan fingerprint density at radius 1 is 1.03 bits per heavy atom. The first-order chi connectivity index (χ1) is 16.6. The molecule has 2 aromatic rings. The Morgan fingerprint density at radius 2 is 1.69 bits per heavy atom. The van der Waals surface area contributed by atoms with Crippen molar-refractivity contribution >= 4 is 31.4 Å². The average molecular weight is 521 g/mol. The van der Waals surface area contributed by atoms with Crippen molar-refractivity contribution in [3.05, 3.63) is 59.7 Å². The topological polar surface area (TPSA) is 125 Å². The van der Waals surface area contributed by atoms with E-state index in [0.717, 1.165) is 42.7 Å². The zero-order chi connectivity index (χ0) is 25.5. The summed E-state index contributed by atoms with van der Waals surface area (Å²) in [6.45, 7) is 2.65. The first-order valence-corrected chi connectivity index (χ1v) is 15.0. The van der Waals surface area contributed by atoms with Crippen LogP contribution in [0.5, 0.6) is 0 Å². The maximum Gasteiger partial charge on any atom is 0.222 e. The number of nitrogens with one attached hydrogen (secondary N) is 2. The maximum atomic E-state index is 12.4. The van der Waals surface area contributed by atoms with Crippen molar-refractivity contribution in [2.24, 2.45) is 4.99 Å². The van der Waals surface area contributed by atoms with Crippen molar-refractivity contribution in [2.75, 3.05) is 45.4 Å². The van der Waals surface area contributed by atoms with E-state index in [1.54, 1.807) is 11.9 Å². The summed E-state index contributed by atoms with van der Waals surface area (Å²) in [6.07, 6.45) is 2.64. The van der Waals surface area contributed by atoms with E-state index in [9.17, 15) is 21.6 Å². The minimum Gasteiger partial charge on any atom is -0.368 e. The number of nitrogens with zero attached hydrogens (tertiary/aromatic N) is 2. The van der Waals surface area contributed by atoms with Crippen molar-refractivity contribution in [3.8, 4) is 0 Å². The van der Waals surface area contributed by atoms with Crippen LogP contribution in [0, 0.1) is 0 Å². The normalized spacial score (nSPS) is 13.8. The lowest BCUT2D eigenvalue weighted by molar-refractivity contribution is -0.129. The van der Waals surface area contributed by atoms with E-state index in [1.807, 2.05) is 12.1 Å². The molecule has 0 radical (unpaired) electrons. The third-order valence-electron chi connectivity index (χ3n) is 5.71. The minimum atomic E-state index is -3.60. The van der Waals surface area contributed by atoms with E-state index in [-0.39, 0.29) is 21.6 Å². The van der Waals surface area contributed by atoms with Gasteiger partial charge in [-0.15, -0.1) is 0 Å². The Kier molecular flexibility index (Phi) is 9.03. The third kappa shape index (κ3) is 7.87. The predicted molar refractivity (Wildman–Crippen MR) is 136 cm³/mol. The summed E-state index contributed by atoms with van der Waals surface area (Å²) < 4.78 is 47.9. The van der Waals surface area contributed by atoms with Crippen molar-refractivity contribution in [3.63, 3.8) is 0 Å². The van der Waals surface area contributed by atoms with Crippen LogP contribution in [-0.4, -0.2) is 78.8 Å². The van der Waals surface area contributed by atoms with Gasteiger partial charge in [-0.25, -0.2) is 16.8 Å². The van der Waals surface area contributed by atoms with E-state index in [2.05, 4.69) is 27.8 Å². The summed E-state index contributed by atoms with van der Waals surface area (Å²) in [5.41, 5.74) is 2.21. The molecule has 9 nitrogen and oxygen atoms in total. The molecule has 1 heterocycles. The molecule has 1 aliphatic rings. The Balaban J connectivity index is 1.35. The summed E-state index contributed by atoms with van der Waals surface area (Å²) >= 11 is 0. The molecular weight excluding hydrogens is 488 g/mol. The second kappa shape index (κ2) is 11.8. The van der Waals surface area contributed by atoms with Crippen LogP contribution < -0.4 is 10.6 Å². The summed E-state index contributed by atoms with van der Waals surface area (Å²) in [4.78, 5) is 18.6. The number of aliphatic imine (C=N–C) groups is 1. The van der Waals surface area contributed by atoms with Crippen LogP contribution >= 0.6 is 0 Å². The lowest BCUT2D eigenvalue weighted by Crippen LogP contribution is -2.30. The largest absolute Gasteiger partial charge is 0.368 e. The number of benzene rings is 2. The summed E-state index contributed by atoms with van der Waals surface area (Å²) in [5.74, 6) is 0.648. The van der Waals surface area contributed by atoms with Crippen molar-refractivity contribution < 1.29 is 21.6 Å². The van der Waals surface area contributed by atoms with Gasteiger partial charge < -0.3 is 15.5 Å². The molecule has 0 aromatic heterocycles. The molecule has 0 bridgehead atoms. The molecule has 190 valence electrons.